The van der Waals surface area contributed by atoms with Crippen molar-refractivity contribution in [3.05, 3.63) is 66.4 Å². The summed E-state index contributed by atoms with van der Waals surface area (Å²) in [4.78, 5) is 0. The van der Waals surface area contributed by atoms with Crippen LogP contribution in [0.5, 0.6) is 5.75 Å². The summed E-state index contributed by atoms with van der Waals surface area (Å²) < 4.78 is 40.3. The summed E-state index contributed by atoms with van der Waals surface area (Å²) in [6, 6.07) is 13.3. The second-order valence-electron chi connectivity index (χ2n) is 4.68. The van der Waals surface area contributed by atoms with Crippen LogP contribution in [0, 0.1) is 0 Å². The minimum atomic E-state index is -4.46. The monoisotopic (exact) mass is 304 g/mol. The van der Waals surface area contributed by atoms with Gasteiger partial charge in [0.15, 0.2) is 0 Å². The highest BCUT2D eigenvalue weighted by Gasteiger charge is 2.33. The van der Waals surface area contributed by atoms with E-state index in [0.717, 1.165) is 10.7 Å². The van der Waals surface area contributed by atoms with Crippen molar-refractivity contribution in [1.82, 2.24) is 9.78 Å². The molecular weight excluding hydrogens is 293 g/mol. The summed E-state index contributed by atoms with van der Waals surface area (Å²) in [6.45, 7) is 0. The summed E-state index contributed by atoms with van der Waals surface area (Å²) in [6.07, 6.45) is -3.02. The highest BCUT2D eigenvalue weighted by Crippen LogP contribution is 2.34. The molecule has 2 aromatic carbocycles. The van der Waals surface area contributed by atoms with Crippen LogP contribution in [0.1, 0.15) is 5.56 Å². The third-order valence-electron chi connectivity index (χ3n) is 3.23. The van der Waals surface area contributed by atoms with Crippen LogP contribution >= 0.6 is 0 Å². The molecule has 0 saturated heterocycles. The fourth-order valence-electron chi connectivity index (χ4n) is 2.21. The van der Waals surface area contributed by atoms with Gasteiger partial charge in [0.25, 0.3) is 0 Å². The minimum Gasteiger partial charge on any atom is -0.507 e. The number of phenols is 1. The number of hydrogen-bond donors (Lipinski definition) is 1. The standard InChI is InChI=1S/C16H11F3N2O/c17-16(18,19)12-6-2-3-7-14(12)21-10-9-13(20-21)11-5-1-4-8-15(11)22/h1-10,22H. The zero-order valence-electron chi connectivity index (χ0n) is 11.2. The third-order valence-corrected chi connectivity index (χ3v) is 3.23. The van der Waals surface area contributed by atoms with Gasteiger partial charge in [-0.2, -0.15) is 18.3 Å². The minimum absolute atomic E-state index is 0.0249. The molecule has 1 N–H and O–H groups in total. The van der Waals surface area contributed by atoms with E-state index < -0.39 is 11.7 Å². The van der Waals surface area contributed by atoms with E-state index in [0.29, 0.717) is 11.3 Å². The van der Waals surface area contributed by atoms with E-state index in [9.17, 15) is 18.3 Å². The number of rotatable bonds is 2. The Balaban J connectivity index is 2.08. The summed E-state index contributed by atoms with van der Waals surface area (Å²) in [5.74, 6) is 0.0249. The lowest BCUT2D eigenvalue weighted by Crippen LogP contribution is -2.10. The van der Waals surface area contributed by atoms with Gasteiger partial charge in [-0.05, 0) is 30.3 Å². The van der Waals surface area contributed by atoms with Crippen LogP contribution in [-0.2, 0) is 6.18 Å². The van der Waals surface area contributed by atoms with Gasteiger partial charge in [0.1, 0.15) is 5.75 Å². The second-order valence-corrected chi connectivity index (χ2v) is 4.68. The molecule has 0 spiro atoms. The Morgan fingerprint density at radius 3 is 2.32 bits per heavy atom. The molecular formula is C16H11F3N2O. The van der Waals surface area contributed by atoms with Gasteiger partial charge in [0, 0.05) is 11.8 Å². The molecule has 0 fully saturated rings. The van der Waals surface area contributed by atoms with Crippen LogP contribution in [0.15, 0.2) is 60.8 Å². The van der Waals surface area contributed by atoms with E-state index in [-0.39, 0.29) is 11.4 Å². The van der Waals surface area contributed by atoms with Crippen molar-refractivity contribution in [2.24, 2.45) is 0 Å². The SMILES string of the molecule is Oc1ccccc1-c1ccn(-c2ccccc2C(F)(F)F)n1. The van der Waals surface area contributed by atoms with Crippen LogP contribution in [0.3, 0.4) is 0 Å². The predicted molar refractivity (Wildman–Crippen MR) is 75.7 cm³/mol. The van der Waals surface area contributed by atoms with Gasteiger partial charge in [-0.25, -0.2) is 4.68 Å². The second kappa shape index (κ2) is 5.22. The lowest BCUT2D eigenvalue weighted by atomic mass is 10.1. The largest absolute Gasteiger partial charge is 0.507 e. The number of benzene rings is 2. The highest BCUT2D eigenvalue weighted by atomic mass is 19.4. The maximum atomic E-state index is 13.0. The van der Waals surface area contributed by atoms with Gasteiger partial charge < -0.3 is 5.11 Å². The van der Waals surface area contributed by atoms with Crippen LogP contribution < -0.4 is 0 Å². The summed E-state index contributed by atoms with van der Waals surface area (Å²) >= 11 is 0. The molecule has 6 heteroatoms. The average molecular weight is 304 g/mol. The van der Waals surface area contributed by atoms with Crippen LogP contribution in [0.25, 0.3) is 16.9 Å². The van der Waals surface area contributed by atoms with Crippen LogP contribution in [-0.4, -0.2) is 14.9 Å². The number of nitrogens with zero attached hydrogens (tertiary/aromatic N) is 2. The Morgan fingerprint density at radius 1 is 0.909 bits per heavy atom. The van der Waals surface area contributed by atoms with E-state index in [4.69, 9.17) is 0 Å². The molecule has 0 atom stereocenters. The average Bonchev–Trinajstić information content (AvgIpc) is 2.96. The summed E-state index contributed by atoms with van der Waals surface area (Å²) in [5.41, 5.74) is 0.0411. The molecule has 1 aromatic heterocycles. The van der Waals surface area contributed by atoms with Gasteiger partial charge in [0.2, 0.25) is 0 Å². The Morgan fingerprint density at radius 2 is 1.59 bits per heavy atom. The van der Waals surface area contributed by atoms with Crippen molar-refractivity contribution in [3.8, 4) is 22.7 Å². The van der Waals surface area contributed by atoms with Crippen molar-refractivity contribution in [2.75, 3.05) is 0 Å². The Bertz CT molecular complexity index is 809. The van der Waals surface area contributed by atoms with Crippen molar-refractivity contribution < 1.29 is 18.3 Å². The maximum absolute atomic E-state index is 13.0. The lowest BCUT2D eigenvalue weighted by molar-refractivity contribution is -0.137. The van der Waals surface area contributed by atoms with Crippen molar-refractivity contribution in [2.45, 2.75) is 6.18 Å². The van der Waals surface area contributed by atoms with E-state index in [1.54, 1.807) is 24.3 Å². The zero-order valence-corrected chi connectivity index (χ0v) is 11.2. The van der Waals surface area contributed by atoms with Gasteiger partial charge >= 0.3 is 6.18 Å². The summed E-state index contributed by atoms with van der Waals surface area (Å²) in [7, 11) is 0. The Hall–Kier alpha value is -2.76. The number of aromatic hydroxyl groups is 1. The van der Waals surface area contributed by atoms with E-state index in [1.807, 2.05) is 0 Å². The van der Waals surface area contributed by atoms with Crippen molar-refractivity contribution >= 4 is 0 Å². The number of hydrogen-bond acceptors (Lipinski definition) is 2. The van der Waals surface area contributed by atoms with E-state index in [2.05, 4.69) is 5.10 Å². The van der Waals surface area contributed by atoms with Crippen molar-refractivity contribution in [3.63, 3.8) is 0 Å². The fourth-order valence-corrected chi connectivity index (χ4v) is 2.21. The molecule has 0 aliphatic rings. The zero-order chi connectivity index (χ0) is 15.7. The topological polar surface area (TPSA) is 38.0 Å². The van der Waals surface area contributed by atoms with Crippen LogP contribution in [0.4, 0.5) is 13.2 Å². The normalized spacial score (nSPS) is 11.6. The first-order chi connectivity index (χ1) is 10.5. The van der Waals surface area contributed by atoms with Gasteiger partial charge in [0.05, 0.1) is 16.9 Å². The molecule has 0 unspecified atom stereocenters. The first-order valence-corrected chi connectivity index (χ1v) is 6.47. The number of para-hydroxylation sites is 2. The molecule has 0 radical (unpaired) electrons. The molecule has 0 aliphatic carbocycles. The number of halogens is 3. The third kappa shape index (κ3) is 2.55. The van der Waals surface area contributed by atoms with Crippen LogP contribution in [0.2, 0.25) is 0 Å². The molecule has 3 nitrogen and oxygen atoms in total. The first-order valence-electron chi connectivity index (χ1n) is 6.47. The molecule has 1 heterocycles. The van der Waals surface area contributed by atoms with Crippen molar-refractivity contribution in [1.29, 1.82) is 0 Å². The molecule has 112 valence electrons. The van der Waals surface area contributed by atoms with Gasteiger partial charge in [-0.1, -0.05) is 24.3 Å². The quantitative estimate of drug-likeness (QED) is 0.768. The first kappa shape index (κ1) is 14.2. The molecule has 0 aliphatic heterocycles. The number of alkyl halides is 3. The molecule has 0 amide bonds. The summed E-state index contributed by atoms with van der Waals surface area (Å²) in [5, 5.41) is 13.9. The van der Waals surface area contributed by atoms with E-state index >= 15 is 0 Å². The van der Waals surface area contributed by atoms with Gasteiger partial charge in [-0.3, -0.25) is 0 Å². The number of aromatic nitrogens is 2. The molecule has 3 aromatic rings. The lowest BCUT2D eigenvalue weighted by Gasteiger charge is -2.12. The fraction of sp³-hybridized carbons (Fsp3) is 0.0625. The molecule has 22 heavy (non-hydrogen) atoms. The van der Waals surface area contributed by atoms with Gasteiger partial charge in [-0.15, -0.1) is 0 Å². The molecule has 3 rings (SSSR count). The molecule has 0 bridgehead atoms. The van der Waals surface area contributed by atoms with E-state index in [1.165, 1.54) is 30.5 Å². The predicted octanol–water partition coefficient (Wildman–Crippen LogP) is 4.26. The maximum Gasteiger partial charge on any atom is 0.418 e. The smallest absolute Gasteiger partial charge is 0.418 e. The highest BCUT2D eigenvalue weighted by molar-refractivity contribution is 5.66. The Kier molecular flexibility index (Phi) is 3.36. The molecule has 0 saturated carbocycles. The Labute approximate surface area is 124 Å². The number of phenolic OH excluding ortho intramolecular Hbond substituents is 1.